The first-order valence-electron chi connectivity index (χ1n) is 10.9. The molecule has 180 valence electrons. The number of aromatic hydroxyl groups is 2. The third-order valence-corrected chi connectivity index (χ3v) is 5.69. The van der Waals surface area contributed by atoms with Crippen LogP contribution in [0.2, 0.25) is 0 Å². The Bertz CT molecular complexity index is 1240. The first kappa shape index (κ1) is 23.8. The van der Waals surface area contributed by atoms with Gasteiger partial charge in [-0.1, -0.05) is 12.1 Å². The van der Waals surface area contributed by atoms with E-state index >= 15 is 0 Å². The Labute approximate surface area is 201 Å². The van der Waals surface area contributed by atoms with E-state index in [4.69, 9.17) is 9.47 Å². The van der Waals surface area contributed by atoms with Gasteiger partial charge in [0, 0.05) is 24.2 Å². The maximum absolute atomic E-state index is 12.8. The molecule has 0 bridgehead atoms. The zero-order valence-corrected chi connectivity index (χ0v) is 18.9. The number of carbonyl (C=O) groups excluding carboxylic acids is 3. The Morgan fingerprint density at radius 2 is 1.54 bits per heavy atom. The Morgan fingerprint density at radius 3 is 2.23 bits per heavy atom. The fraction of sp³-hybridized carbons (Fsp3) is 0.192. The van der Waals surface area contributed by atoms with Crippen molar-refractivity contribution in [3.63, 3.8) is 0 Å². The van der Waals surface area contributed by atoms with Crippen LogP contribution in [0.4, 0.5) is 0 Å². The number of nitrogens with one attached hydrogen (secondary N) is 2. The van der Waals surface area contributed by atoms with Gasteiger partial charge in [0.2, 0.25) is 0 Å². The number of rotatable bonds is 7. The van der Waals surface area contributed by atoms with Gasteiger partial charge in [-0.25, -0.2) is 4.79 Å². The molecule has 9 nitrogen and oxygen atoms in total. The topological polar surface area (TPSA) is 134 Å². The molecule has 0 spiro atoms. The molecule has 9 heteroatoms. The number of phenols is 2. The monoisotopic (exact) mass is 476 g/mol. The Morgan fingerprint density at radius 1 is 0.886 bits per heavy atom. The third-order valence-electron chi connectivity index (χ3n) is 5.69. The highest BCUT2D eigenvalue weighted by molar-refractivity contribution is 6.11. The van der Waals surface area contributed by atoms with E-state index in [1.165, 1.54) is 67.8 Å². The van der Waals surface area contributed by atoms with Crippen LogP contribution in [0.5, 0.6) is 17.2 Å². The van der Waals surface area contributed by atoms with Crippen LogP contribution in [0.25, 0.3) is 0 Å². The van der Waals surface area contributed by atoms with E-state index in [-0.39, 0.29) is 34.1 Å². The summed E-state index contributed by atoms with van der Waals surface area (Å²) >= 11 is 0. The average molecular weight is 476 g/mol. The van der Waals surface area contributed by atoms with Crippen LogP contribution in [0.1, 0.15) is 36.6 Å². The molecule has 4 N–H and O–H groups in total. The fourth-order valence-electron chi connectivity index (χ4n) is 3.73. The van der Waals surface area contributed by atoms with Crippen molar-refractivity contribution < 1.29 is 34.1 Å². The maximum atomic E-state index is 12.8. The van der Waals surface area contributed by atoms with Crippen molar-refractivity contribution in [3.8, 4) is 17.2 Å². The molecule has 0 saturated carbocycles. The Hall–Kier alpha value is -4.37. The maximum Gasteiger partial charge on any atom is 0.338 e. The number of hydrogen-bond donors (Lipinski definition) is 4. The first-order chi connectivity index (χ1) is 16.9. The van der Waals surface area contributed by atoms with E-state index in [2.05, 4.69) is 10.6 Å². The minimum absolute atomic E-state index is 0.0592. The SMILES string of the molecule is COc1ccc(O)c(C(=O)c2ccc(C(=O)OC3CNCC3NC(=O)c3ccc(O)cc3)cc2)c1. The summed E-state index contributed by atoms with van der Waals surface area (Å²) in [6.07, 6.45) is -0.585. The van der Waals surface area contributed by atoms with Gasteiger partial charge in [-0.05, 0) is 54.6 Å². The zero-order valence-electron chi connectivity index (χ0n) is 18.9. The van der Waals surface area contributed by atoms with Crippen LogP contribution in [-0.2, 0) is 4.74 Å². The molecule has 3 aromatic carbocycles. The fourth-order valence-corrected chi connectivity index (χ4v) is 3.73. The summed E-state index contributed by atoms with van der Waals surface area (Å²) in [7, 11) is 1.46. The molecule has 3 aromatic rings. The summed E-state index contributed by atoms with van der Waals surface area (Å²) in [5.41, 5.74) is 0.990. The predicted octanol–water partition coefficient (Wildman–Crippen LogP) is 2.26. The summed E-state index contributed by atoms with van der Waals surface area (Å²) < 4.78 is 10.7. The molecule has 1 fully saturated rings. The van der Waals surface area contributed by atoms with Crippen molar-refractivity contribution in [1.82, 2.24) is 10.6 Å². The van der Waals surface area contributed by atoms with E-state index < -0.39 is 23.9 Å². The van der Waals surface area contributed by atoms with Crippen molar-refractivity contribution in [3.05, 3.63) is 89.0 Å². The molecule has 0 aromatic heterocycles. The van der Waals surface area contributed by atoms with Gasteiger partial charge in [0.1, 0.15) is 23.4 Å². The molecule has 1 aliphatic rings. The smallest absolute Gasteiger partial charge is 0.338 e. The number of esters is 1. The van der Waals surface area contributed by atoms with E-state index in [0.29, 0.717) is 24.4 Å². The molecule has 1 saturated heterocycles. The van der Waals surface area contributed by atoms with Gasteiger partial charge in [-0.15, -0.1) is 0 Å². The molecule has 2 atom stereocenters. The predicted molar refractivity (Wildman–Crippen MR) is 126 cm³/mol. The lowest BCUT2D eigenvalue weighted by Gasteiger charge is -2.20. The first-order valence-corrected chi connectivity index (χ1v) is 10.9. The molecule has 0 radical (unpaired) electrons. The van der Waals surface area contributed by atoms with Crippen molar-refractivity contribution in [2.75, 3.05) is 20.2 Å². The van der Waals surface area contributed by atoms with Crippen LogP contribution >= 0.6 is 0 Å². The standard InChI is InChI=1S/C26H24N2O7/c1-34-19-10-11-22(30)20(12-19)24(31)15-2-4-17(5-3-15)26(33)35-23-14-27-13-21(23)28-25(32)16-6-8-18(29)9-7-16/h2-12,21,23,27,29-30H,13-14H2,1H3,(H,28,32). The number of ketones is 1. The number of phenolic OH excluding ortho intramolecular Hbond substituents is 2. The van der Waals surface area contributed by atoms with Gasteiger partial charge in [0.05, 0.1) is 24.3 Å². The average Bonchev–Trinajstić information content (AvgIpc) is 3.30. The molecule has 1 amide bonds. The zero-order chi connectivity index (χ0) is 24.9. The molecule has 2 unspecified atom stereocenters. The van der Waals surface area contributed by atoms with Gasteiger partial charge >= 0.3 is 5.97 Å². The highest BCUT2D eigenvalue weighted by atomic mass is 16.5. The molecular weight excluding hydrogens is 452 g/mol. The Kier molecular flexibility index (Phi) is 6.98. The number of hydrogen-bond acceptors (Lipinski definition) is 8. The second kappa shape index (κ2) is 10.3. The van der Waals surface area contributed by atoms with Gasteiger partial charge in [-0.3, -0.25) is 9.59 Å². The molecular formula is C26H24N2O7. The lowest BCUT2D eigenvalue weighted by atomic mass is 10.0. The largest absolute Gasteiger partial charge is 0.508 e. The van der Waals surface area contributed by atoms with Gasteiger partial charge in [-0.2, -0.15) is 0 Å². The highest BCUT2D eigenvalue weighted by Crippen LogP contribution is 2.25. The van der Waals surface area contributed by atoms with Crippen LogP contribution < -0.4 is 15.4 Å². The van der Waals surface area contributed by atoms with E-state index in [9.17, 15) is 24.6 Å². The van der Waals surface area contributed by atoms with Crippen molar-refractivity contribution in [2.45, 2.75) is 12.1 Å². The molecule has 35 heavy (non-hydrogen) atoms. The molecule has 4 rings (SSSR count). The summed E-state index contributed by atoms with van der Waals surface area (Å²) in [5.74, 6) is -1.03. The van der Waals surface area contributed by atoms with E-state index in [1.54, 1.807) is 6.07 Å². The van der Waals surface area contributed by atoms with Gasteiger partial charge in [0.25, 0.3) is 5.91 Å². The lowest BCUT2D eigenvalue weighted by Crippen LogP contribution is -2.44. The Balaban J connectivity index is 1.40. The van der Waals surface area contributed by atoms with Crippen LogP contribution in [0.15, 0.2) is 66.7 Å². The summed E-state index contributed by atoms with van der Waals surface area (Å²) in [5, 5.41) is 25.3. The van der Waals surface area contributed by atoms with Crippen LogP contribution in [0, 0.1) is 0 Å². The van der Waals surface area contributed by atoms with Crippen molar-refractivity contribution >= 4 is 17.7 Å². The van der Waals surface area contributed by atoms with Crippen LogP contribution in [0.3, 0.4) is 0 Å². The minimum Gasteiger partial charge on any atom is -0.508 e. The number of ether oxygens (including phenoxy) is 2. The van der Waals surface area contributed by atoms with E-state index in [0.717, 1.165) is 0 Å². The molecule has 1 heterocycles. The highest BCUT2D eigenvalue weighted by Gasteiger charge is 2.32. The number of carbonyl (C=O) groups is 3. The summed E-state index contributed by atoms with van der Waals surface area (Å²) in [6.45, 7) is 0.803. The third kappa shape index (κ3) is 5.42. The van der Waals surface area contributed by atoms with Gasteiger partial charge < -0.3 is 30.3 Å². The molecule has 0 aliphatic carbocycles. The second-order valence-corrected chi connectivity index (χ2v) is 8.02. The van der Waals surface area contributed by atoms with E-state index in [1.807, 2.05) is 0 Å². The normalized spacial score (nSPS) is 16.9. The summed E-state index contributed by atoms with van der Waals surface area (Å²) in [6, 6.07) is 15.7. The number of benzene rings is 3. The number of amides is 1. The quantitative estimate of drug-likeness (QED) is 0.301. The second-order valence-electron chi connectivity index (χ2n) is 8.02. The lowest BCUT2D eigenvalue weighted by molar-refractivity contribution is 0.0283. The summed E-state index contributed by atoms with van der Waals surface area (Å²) in [4.78, 5) is 38.0. The van der Waals surface area contributed by atoms with Crippen molar-refractivity contribution in [1.29, 1.82) is 0 Å². The van der Waals surface area contributed by atoms with Gasteiger partial charge in [0.15, 0.2) is 5.78 Å². The minimum atomic E-state index is -0.592. The van der Waals surface area contributed by atoms with Crippen LogP contribution in [-0.4, -0.2) is 60.2 Å². The number of methoxy groups -OCH3 is 1. The van der Waals surface area contributed by atoms with Crippen molar-refractivity contribution in [2.24, 2.45) is 0 Å². The molecule has 1 aliphatic heterocycles.